The Morgan fingerprint density at radius 1 is 0.875 bits per heavy atom. The minimum Gasteiger partial charge on any atom is -0.325 e. The lowest BCUT2D eigenvalue weighted by atomic mass is 10.1. The second-order valence-corrected chi connectivity index (χ2v) is 6.89. The number of unbranched alkanes of at least 4 members (excludes halogenated alkanes) is 8. The third kappa shape index (κ3) is 18.9. The molecule has 0 aromatic rings. The summed E-state index contributed by atoms with van der Waals surface area (Å²) >= 11 is 0. The molecule has 0 spiro atoms. The molecule has 0 atom stereocenters. The molecule has 5 nitrogen and oxygen atoms in total. The Balaban J connectivity index is 3.36. The van der Waals surface area contributed by atoms with E-state index in [-0.39, 0.29) is 6.42 Å². The number of rotatable bonds is 15. The maximum Gasteiger partial charge on any atom is 0.448 e. The van der Waals surface area contributed by atoms with E-state index in [9.17, 15) is 13.2 Å². The molecular formula is C18H32O5S. The van der Waals surface area contributed by atoms with Crippen molar-refractivity contribution in [3.63, 3.8) is 0 Å². The molecule has 0 fully saturated rings. The zero-order chi connectivity index (χ0) is 18.1. The minimum absolute atomic E-state index is 0.0181. The molecule has 0 aliphatic carbocycles. The first-order valence-electron chi connectivity index (χ1n) is 8.95. The van der Waals surface area contributed by atoms with Gasteiger partial charge in [-0.15, -0.1) is 0 Å². The number of hydrogen-bond donors (Lipinski definition) is 1. The molecular weight excluding hydrogens is 328 g/mol. The Kier molecular flexibility index (Phi) is 14.7. The Morgan fingerprint density at radius 3 is 2.00 bits per heavy atom. The maximum atomic E-state index is 11.0. The molecule has 0 aromatic carbocycles. The van der Waals surface area contributed by atoms with Gasteiger partial charge in [0.1, 0.15) is 0 Å². The van der Waals surface area contributed by atoms with Crippen molar-refractivity contribution in [1.29, 1.82) is 0 Å². The van der Waals surface area contributed by atoms with Crippen LogP contribution in [-0.2, 0) is 19.4 Å². The molecule has 1 N–H and O–H groups in total. The van der Waals surface area contributed by atoms with Crippen LogP contribution in [0.15, 0.2) is 24.3 Å². The number of allylic oxidation sites excluding steroid dienone is 4. The van der Waals surface area contributed by atoms with Crippen molar-refractivity contribution in [2.75, 3.05) is 0 Å². The molecule has 0 aliphatic rings. The van der Waals surface area contributed by atoms with Crippen LogP contribution in [0.25, 0.3) is 0 Å². The van der Waals surface area contributed by atoms with E-state index in [0.29, 0.717) is 6.42 Å². The van der Waals surface area contributed by atoms with Gasteiger partial charge in [-0.1, -0.05) is 63.3 Å². The van der Waals surface area contributed by atoms with Gasteiger partial charge in [0.05, 0.1) is 0 Å². The highest BCUT2D eigenvalue weighted by molar-refractivity contribution is 7.81. The van der Waals surface area contributed by atoms with Crippen LogP contribution in [0.4, 0.5) is 0 Å². The van der Waals surface area contributed by atoms with Crippen LogP contribution in [0, 0.1) is 0 Å². The molecule has 140 valence electrons. The molecule has 0 radical (unpaired) electrons. The first kappa shape index (κ1) is 22.9. The van der Waals surface area contributed by atoms with Gasteiger partial charge in [-0.25, -0.2) is 0 Å². The van der Waals surface area contributed by atoms with E-state index in [4.69, 9.17) is 4.55 Å². The van der Waals surface area contributed by atoms with E-state index in [1.807, 2.05) is 0 Å². The van der Waals surface area contributed by atoms with Gasteiger partial charge >= 0.3 is 16.4 Å². The molecule has 0 aliphatic heterocycles. The largest absolute Gasteiger partial charge is 0.448 e. The Labute approximate surface area is 147 Å². The second kappa shape index (κ2) is 15.4. The highest BCUT2D eigenvalue weighted by Crippen LogP contribution is 2.09. The van der Waals surface area contributed by atoms with Crippen LogP contribution in [0.2, 0.25) is 0 Å². The Bertz CT molecular complexity index is 466. The van der Waals surface area contributed by atoms with E-state index in [2.05, 4.69) is 35.4 Å². The lowest BCUT2D eigenvalue weighted by Crippen LogP contribution is -2.11. The van der Waals surface area contributed by atoms with Gasteiger partial charge in [0.25, 0.3) is 0 Å². The van der Waals surface area contributed by atoms with Crippen molar-refractivity contribution < 1.29 is 21.9 Å². The summed E-state index contributed by atoms with van der Waals surface area (Å²) in [6.07, 6.45) is 20.6. The molecule has 0 unspecified atom stereocenters. The van der Waals surface area contributed by atoms with Crippen molar-refractivity contribution in [2.45, 2.75) is 84.0 Å². The number of carbonyl (C=O) groups excluding carboxylic acids is 1. The average molecular weight is 361 g/mol. The van der Waals surface area contributed by atoms with Crippen molar-refractivity contribution in [3.05, 3.63) is 24.3 Å². The predicted octanol–water partition coefficient (Wildman–Crippen LogP) is 5.15. The second-order valence-electron chi connectivity index (χ2n) is 5.86. The smallest absolute Gasteiger partial charge is 0.325 e. The Hall–Kier alpha value is -1.14. The highest BCUT2D eigenvalue weighted by atomic mass is 32.3. The molecule has 6 heteroatoms. The fraction of sp³-hybridized carbons (Fsp3) is 0.722. The summed E-state index contributed by atoms with van der Waals surface area (Å²) in [5, 5.41) is 0. The van der Waals surface area contributed by atoms with E-state index in [1.54, 1.807) is 0 Å². The molecule has 0 saturated heterocycles. The summed E-state index contributed by atoms with van der Waals surface area (Å²) < 4.78 is 32.8. The standard InChI is InChI=1S/C18H32O5S/c1-2-3-4-5-6-7-8-9-10-11-12-13-14-15-16-17-18(19)23-24(20,21)22/h6-7,9-10H,2-5,8,11-17H2,1H3,(H,20,21,22)/b7-6-,10-9-. The van der Waals surface area contributed by atoms with Crippen LogP contribution in [0.1, 0.15) is 84.0 Å². The third-order valence-electron chi connectivity index (χ3n) is 3.53. The summed E-state index contributed by atoms with van der Waals surface area (Å²) in [7, 11) is -4.66. The van der Waals surface area contributed by atoms with Crippen molar-refractivity contribution in [1.82, 2.24) is 0 Å². The van der Waals surface area contributed by atoms with Crippen molar-refractivity contribution in [3.8, 4) is 0 Å². The van der Waals surface area contributed by atoms with Crippen LogP contribution >= 0.6 is 0 Å². The number of hydrogen-bond acceptors (Lipinski definition) is 4. The SMILES string of the molecule is CCCCC/C=C\C/C=C\CCCCCCCC(=O)OS(=O)(=O)O. The maximum absolute atomic E-state index is 11.0. The van der Waals surface area contributed by atoms with E-state index >= 15 is 0 Å². The molecule has 0 saturated carbocycles. The van der Waals surface area contributed by atoms with Crippen molar-refractivity contribution in [2.24, 2.45) is 0 Å². The Morgan fingerprint density at radius 2 is 1.42 bits per heavy atom. The fourth-order valence-electron chi connectivity index (χ4n) is 2.24. The monoisotopic (exact) mass is 360 g/mol. The molecule has 24 heavy (non-hydrogen) atoms. The normalized spacial score (nSPS) is 12.2. The van der Waals surface area contributed by atoms with Gasteiger partial charge in [-0.3, -0.25) is 9.35 Å². The molecule has 0 bridgehead atoms. The van der Waals surface area contributed by atoms with Crippen molar-refractivity contribution >= 4 is 16.4 Å². The van der Waals surface area contributed by atoms with Crippen LogP contribution < -0.4 is 0 Å². The quantitative estimate of drug-likeness (QED) is 0.248. The summed E-state index contributed by atoms with van der Waals surface area (Å²) in [5.74, 6) is -0.900. The van der Waals surface area contributed by atoms with Gasteiger partial charge in [0.15, 0.2) is 0 Å². The van der Waals surface area contributed by atoms with E-state index < -0.39 is 16.4 Å². The van der Waals surface area contributed by atoms with Gasteiger partial charge in [-0.2, -0.15) is 8.42 Å². The fourth-order valence-corrected chi connectivity index (χ4v) is 2.56. The van der Waals surface area contributed by atoms with Crippen LogP contribution in [0.3, 0.4) is 0 Å². The van der Waals surface area contributed by atoms with Crippen LogP contribution in [0.5, 0.6) is 0 Å². The predicted molar refractivity (Wildman–Crippen MR) is 97.0 cm³/mol. The minimum atomic E-state index is -4.66. The van der Waals surface area contributed by atoms with E-state index in [1.165, 1.54) is 25.7 Å². The first-order chi connectivity index (χ1) is 11.5. The average Bonchev–Trinajstić information content (AvgIpc) is 2.49. The molecule has 0 amide bonds. The number of carbonyl (C=O) groups is 1. The zero-order valence-corrected chi connectivity index (χ0v) is 15.6. The van der Waals surface area contributed by atoms with E-state index in [0.717, 1.165) is 38.5 Å². The molecule has 0 heterocycles. The van der Waals surface area contributed by atoms with Crippen LogP contribution in [-0.4, -0.2) is 18.9 Å². The summed E-state index contributed by atoms with van der Waals surface area (Å²) in [5.41, 5.74) is 0. The summed E-state index contributed by atoms with van der Waals surface area (Å²) in [6.45, 7) is 2.21. The van der Waals surface area contributed by atoms with Gasteiger partial charge in [0, 0.05) is 6.42 Å². The summed E-state index contributed by atoms with van der Waals surface area (Å²) in [6, 6.07) is 0. The molecule has 0 aromatic heterocycles. The lowest BCUT2D eigenvalue weighted by Gasteiger charge is -2.01. The zero-order valence-electron chi connectivity index (χ0n) is 14.8. The summed E-state index contributed by atoms with van der Waals surface area (Å²) in [4.78, 5) is 11.0. The topological polar surface area (TPSA) is 80.7 Å². The first-order valence-corrected chi connectivity index (χ1v) is 10.3. The lowest BCUT2D eigenvalue weighted by molar-refractivity contribution is -0.134. The van der Waals surface area contributed by atoms with Gasteiger partial charge in [-0.05, 0) is 38.5 Å². The third-order valence-corrected chi connectivity index (χ3v) is 3.93. The highest BCUT2D eigenvalue weighted by Gasteiger charge is 2.12. The molecule has 0 rings (SSSR count). The van der Waals surface area contributed by atoms with Gasteiger partial charge in [0.2, 0.25) is 0 Å². The van der Waals surface area contributed by atoms with Gasteiger partial charge < -0.3 is 4.18 Å².